The van der Waals surface area contributed by atoms with Crippen molar-refractivity contribution in [3.8, 4) is 0 Å². The van der Waals surface area contributed by atoms with E-state index in [1.165, 1.54) is 38.5 Å². The lowest BCUT2D eigenvalue weighted by Crippen LogP contribution is -2.15. The van der Waals surface area contributed by atoms with Crippen molar-refractivity contribution >= 4 is 23.0 Å². The topological polar surface area (TPSA) is 46.5 Å². The largest absolute Gasteiger partial charge is 0.302 e. The number of hydrogen-bond acceptors (Lipinski definition) is 2. The molecule has 5 heteroatoms. The highest BCUT2D eigenvalue weighted by Gasteiger charge is 2.11. The van der Waals surface area contributed by atoms with Crippen LogP contribution in [0, 0.1) is 0 Å². The van der Waals surface area contributed by atoms with E-state index in [1.807, 2.05) is 0 Å². The van der Waals surface area contributed by atoms with Crippen LogP contribution in [0.1, 0.15) is 64.7 Å². The van der Waals surface area contributed by atoms with E-state index >= 15 is 0 Å². The maximum Gasteiger partial charge on any atom is 0.302 e. The summed E-state index contributed by atoms with van der Waals surface area (Å²) in [5.74, 6) is 0.471. The van der Waals surface area contributed by atoms with Gasteiger partial charge in [-0.25, -0.2) is 0 Å². The molecule has 0 aliphatic heterocycles. The third-order valence-electron chi connectivity index (χ3n) is 2.78. The van der Waals surface area contributed by atoms with E-state index < -0.39 is 11.4 Å². The van der Waals surface area contributed by atoms with Crippen LogP contribution in [0.4, 0.5) is 0 Å². The van der Waals surface area contributed by atoms with Gasteiger partial charge in [0.2, 0.25) is 0 Å². The molecule has 0 amide bonds. The minimum atomic E-state index is -2.17. The molecule has 3 nitrogen and oxygen atoms in total. The molecule has 1 N–H and O–H groups in total. The third kappa shape index (κ3) is 12.6. The van der Waals surface area contributed by atoms with Gasteiger partial charge in [-0.05, 0) is 12.8 Å². The first-order chi connectivity index (χ1) is 8.20. The van der Waals surface area contributed by atoms with Crippen molar-refractivity contribution in [2.75, 3.05) is 5.88 Å². The van der Waals surface area contributed by atoms with E-state index in [2.05, 4.69) is 6.92 Å². The number of unbranched alkanes of at least 4 members (excludes halogenated alkanes) is 6. The molecule has 0 fully saturated rings. The van der Waals surface area contributed by atoms with E-state index in [0.717, 1.165) is 12.8 Å². The maximum atomic E-state index is 10.5. The molecule has 0 rings (SSSR count). The Morgan fingerprint density at radius 1 is 1.12 bits per heavy atom. The Bertz CT molecular complexity index is 191. The van der Waals surface area contributed by atoms with Crippen molar-refractivity contribution < 1.29 is 12.9 Å². The molecule has 0 spiro atoms. The summed E-state index contributed by atoms with van der Waals surface area (Å²) in [7, 11) is 0. The van der Waals surface area contributed by atoms with E-state index in [4.69, 9.17) is 20.3 Å². The average molecular weight is 285 g/mol. The number of hydrogen-bond donors (Lipinski definition) is 1. The molecule has 0 bridgehead atoms. The van der Waals surface area contributed by atoms with E-state index in [1.54, 1.807) is 0 Å². The van der Waals surface area contributed by atoms with Gasteiger partial charge in [0.25, 0.3) is 0 Å². The van der Waals surface area contributed by atoms with Crippen molar-refractivity contribution in [1.82, 2.24) is 0 Å². The molecule has 0 radical (unpaired) electrons. The standard InChI is InChI=1S/C12H25ClO3S/c1-2-3-4-5-6-7-8-9-12(10-11-13)16-17(14)15/h12H,2-11H2,1H3,(H,14,15). The molecule has 0 heterocycles. The summed E-state index contributed by atoms with van der Waals surface area (Å²) < 4.78 is 24.1. The monoisotopic (exact) mass is 284 g/mol. The van der Waals surface area contributed by atoms with E-state index in [0.29, 0.717) is 12.3 Å². The Labute approximate surface area is 113 Å². The molecule has 0 aliphatic carbocycles. The van der Waals surface area contributed by atoms with E-state index in [9.17, 15) is 4.21 Å². The van der Waals surface area contributed by atoms with Crippen molar-refractivity contribution in [3.05, 3.63) is 0 Å². The van der Waals surface area contributed by atoms with Crippen LogP contribution in [-0.2, 0) is 15.5 Å². The van der Waals surface area contributed by atoms with Gasteiger partial charge < -0.3 is 0 Å². The molecule has 104 valence electrons. The molecule has 17 heavy (non-hydrogen) atoms. The highest BCUT2D eigenvalue weighted by molar-refractivity contribution is 7.74. The van der Waals surface area contributed by atoms with Crippen molar-refractivity contribution in [3.63, 3.8) is 0 Å². The molecule has 0 aliphatic rings. The zero-order chi connectivity index (χ0) is 12.9. The van der Waals surface area contributed by atoms with Gasteiger partial charge in [0.1, 0.15) is 0 Å². The van der Waals surface area contributed by atoms with Gasteiger partial charge in [0, 0.05) is 5.88 Å². The van der Waals surface area contributed by atoms with Crippen LogP contribution in [0.5, 0.6) is 0 Å². The lowest BCUT2D eigenvalue weighted by molar-refractivity contribution is 0.186. The fourth-order valence-corrected chi connectivity index (χ4v) is 2.48. The zero-order valence-corrected chi connectivity index (χ0v) is 12.3. The Morgan fingerprint density at radius 2 is 1.71 bits per heavy atom. The minimum absolute atomic E-state index is 0.172. The summed E-state index contributed by atoms with van der Waals surface area (Å²) >= 11 is 3.45. The zero-order valence-electron chi connectivity index (χ0n) is 10.7. The summed E-state index contributed by atoms with van der Waals surface area (Å²) in [5.41, 5.74) is 0. The highest BCUT2D eigenvalue weighted by Crippen LogP contribution is 2.14. The van der Waals surface area contributed by atoms with Gasteiger partial charge in [-0.3, -0.25) is 8.74 Å². The summed E-state index contributed by atoms with van der Waals surface area (Å²) in [6.45, 7) is 2.21. The predicted molar refractivity (Wildman–Crippen MR) is 73.6 cm³/mol. The minimum Gasteiger partial charge on any atom is -0.284 e. The molecule has 0 aromatic carbocycles. The normalized spacial score (nSPS) is 14.8. The van der Waals surface area contributed by atoms with Crippen LogP contribution in [0.25, 0.3) is 0 Å². The molecular weight excluding hydrogens is 260 g/mol. The first-order valence-corrected chi connectivity index (χ1v) is 8.11. The maximum absolute atomic E-state index is 10.5. The van der Waals surface area contributed by atoms with Crippen LogP contribution in [0.15, 0.2) is 0 Å². The van der Waals surface area contributed by atoms with Crippen molar-refractivity contribution in [2.24, 2.45) is 0 Å². The SMILES string of the molecule is CCCCCCCCCC(CCCl)OS(=O)O. The smallest absolute Gasteiger partial charge is 0.284 e. The second kappa shape index (κ2) is 12.8. The van der Waals surface area contributed by atoms with Gasteiger partial charge in [-0.15, -0.1) is 11.6 Å². The van der Waals surface area contributed by atoms with Crippen LogP contribution in [-0.4, -0.2) is 20.7 Å². The van der Waals surface area contributed by atoms with Crippen LogP contribution in [0.2, 0.25) is 0 Å². The predicted octanol–water partition coefficient (Wildman–Crippen LogP) is 4.28. The Morgan fingerprint density at radius 3 is 2.24 bits per heavy atom. The second-order valence-electron chi connectivity index (χ2n) is 4.32. The van der Waals surface area contributed by atoms with Crippen molar-refractivity contribution in [2.45, 2.75) is 70.8 Å². The number of halogens is 1. The highest BCUT2D eigenvalue weighted by atomic mass is 35.5. The molecule has 0 saturated carbocycles. The molecule has 2 unspecified atom stereocenters. The Kier molecular flexibility index (Phi) is 13.1. The first kappa shape index (κ1) is 17.4. The van der Waals surface area contributed by atoms with E-state index in [-0.39, 0.29) is 6.10 Å². The molecule has 0 aromatic rings. The van der Waals surface area contributed by atoms with Gasteiger partial charge in [-0.1, -0.05) is 51.9 Å². The molecule has 2 atom stereocenters. The molecule has 0 aromatic heterocycles. The second-order valence-corrected chi connectivity index (χ2v) is 5.33. The van der Waals surface area contributed by atoms with Crippen LogP contribution in [0.3, 0.4) is 0 Å². The summed E-state index contributed by atoms with van der Waals surface area (Å²) in [5, 5.41) is 0. The quantitative estimate of drug-likeness (QED) is 0.331. The summed E-state index contributed by atoms with van der Waals surface area (Å²) in [6, 6.07) is 0. The van der Waals surface area contributed by atoms with Gasteiger partial charge in [0.05, 0.1) is 6.10 Å². The average Bonchev–Trinajstić information content (AvgIpc) is 2.27. The lowest BCUT2D eigenvalue weighted by atomic mass is 10.1. The number of rotatable bonds is 12. The fraction of sp³-hybridized carbons (Fsp3) is 1.00. The van der Waals surface area contributed by atoms with Gasteiger partial charge in [0.15, 0.2) is 0 Å². The third-order valence-corrected chi connectivity index (χ3v) is 3.43. The molecule has 0 saturated heterocycles. The van der Waals surface area contributed by atoms with Crippen molar-refractivity contribution in [1.29, 1.82) is 0 Å². The summed E-state index contributed by atoms with van der Waals surface area (Å²) in [6.07, 6.45) is 9.96. The van der Waals surface area contributed by atoms with Gasteiger partial charge >= 0.3 is 11.4 Å². The Hall–Kier alpha value is 0.360. The molecular formula is C12H25ClO3S. The van der Waals surface area contributed by atoms with Gasteiger partial charge in [-0.2, -0.15) is 4.21 Å². The first-order valence-electron chi connectivity index (χ1n) is 6.54. The lowest BCUT2D eigenvalue weighted by Gasteiger charge is -2.13. The fourth-order valence-electron chi connectivity index (χ4n) is 1.81. The van der Waals surface area contributed by atoms with Crippen LogP contribution >= 0.6 is 11.6 Å². The number of alkyl halides is 1. The Balaban J connectivity index is 3.43. The summed E-state index contributed by atoms with van der Waals surface area (Å²) in [4.78, 5) is 0. The van der Waals surface area contributed by atoms with Crippen LogP contribution < -0.4 is 0 Å².